The van der Waals surface area contributed by atoms with Crippen LogP contribution in [0.5, 0.6) is 0 Å². The van der Waals surface area contributed by atoms with Crippen LogP contribution in [0.4, 0.5) is 0 Å². The van der Waals surface area contributed by atoms with Crippen molar-refractivity contribution in [2.45, 2.75) is 32.4 Å². The molecule has 22 heavy (non-hydrogen) atoms. The van der Waals surface area contributed by atoms with Gasteiger partial charge in [0.1, 0.15) is 6.61 Å². The zero-order valence-electron chi connectivity index (χ0n) is 13.2. The van der Waals surface area contributed by atoms with Crippen LogP contribution in [0.3, 0.4) is 0 Å². The van der Waals surface area contributed by atoms with Crippen LogP contribution in [-0.4, -0.2) is 34.2 Å². The summed E-state index contributed by atoms with van der Waals surface area (Å²) in [6.07, 6.45) is 6.53. The number of aromatic nitrogens is 2. The van der Waals surface area contributed by atoms with E-state index in [2.05, 4.69) is 10.3 Å². The SMILES string of the molecule is CC(C)(COC(=O)c1ccccc1)NCCCn1ccnc1. The lowest BCUT2D eigenvalue weighted by atomic mass is 10.1. The van der Waals surface area contributed by atoms with Crippen LogP contribution in [-0.2, 0) is 11.3 Å². The second-order valence-corrected chi connectivity index (χ2v) is 5.91. The van der Waals surface area contributed by atoms with Crippen molar-refractivity contribution >= 4 is 5.97 Å². The number of hydrogen-bond acceptors (Lipinski definition) is 4. The molecule has 0 aliphatic carbocycles. The quantitative estimate of drug-likeness (QED) is 0.601. The van der Waals surface area contributed by atoms with Gasteiger partial charge in [0.25, 0.3) is 0 Å². The fourth-order valence-electron chi connectivity index (χ4n) is 2.06. The number of aryl methyl sites for hydroxylation is 1. The standard InChI is InChI=1S/C17H23N3O2/c1-17(2,19-9-6-11-20-12-10-18-14-20)13-22-16(21)15-7-4-3-5-8-15/h3-5,7-8,10,12,14,19H,6,9,11,13H2,1-2H3. The monoisotopic (exact) mass is 301 g/mol. The Labute approximate surface area is 131 Å². The van der Waals surface area contributed by atoms with Gasteiger partial charge in [0.2, 0.25) is 0 Å². The largest absolute Gasteiger partial charge is 0.460 e. The van der Waals surface area contributed by atoms with Crippen LogP contribution < -0.4 is 5.32 Å². The minimum atomic E-state index is -0.283. The second kappa shape index (κ2) is 7.75. The zero-order valence-corrected chi connectivity index (χ0v) is 13.2. The van der Waals surface area contributed by atoms with Gasteiger partial charge in [0.05, 0.1) is 11.9 Å². The molecule has 1 aromatic carbocycles. The maximum atomic E-state index is 11.9. The first kappa shape index (κ1) is 16.2. The Balaban J connectivity index is 1.68. The number of rotatable bonds is 8. The predicted molar refractivity (Wildman–Crippen MR) is 85.7 cm³/mol. The number of ether oxygens (including phenoxy) is 1. The maximum absolute atomic E-state index is 11.9. The molecule has 0 bridgehead atoms. The van der Waals surface area contributed by atoms with Gasteiger partial charge in [0.15, 0.2) is 0 Å². The molecular formula is C17H23N3O2. The van der Waals surface area contributed by atoms with Gasteiger partial charge in [-0.15, -0.1) is 0 Å². The van der Waals surface area contributed by atoms with Crippen molar-refractivity contribution in [3.05, 3.63) is 54.6 Å². The lowest BCUT2D eigenvalue weighted by Crippen LogP contribution is -2.44. The summed E-state index contributed by atoms with van der Waals surface area (Å²) in [5.41, 5.74) is 0.331. The summed E-state index contributed by atoms with van der Waals surface area (Å²) < 4.78 is 7.42. The molecular weight excluding hydrogens is 278 g/mol. The fraction of sp³-hybridized carbons (Fsp3) is 0.412. The molecule has 5 heteroatoms. The summed E-state index contributed by atoms with van der Waals surface area (Å²) in [4.78, 5) is 15.9. The fourth-order valence-corrected chi connectivity index (χ4v) is 2.06. The van der Waals surface area contributed by atoms with E-state index in [0.29, 0.717) is 12.2 Å². The third-order valence-electron chi connectivity index (χ3n) is 3.33. The molecule has 118 valence electrons. The van der Waals surface area contributed by atoms with E-state index in [1.165, 1.54) is 0 Å². The Morgan fingerprint density at radius 3 is 2.77 bits per heavy atom. The number of benzene rings is 1. The molecule has 1 N–H and O–H groups in total. The van der Waals surface area contributed by atoms with Gasteiger partial charge in [-0.3, -0.25) is 0 Å². The summed E-state index contributed by atoms with van der Waals surface area (Å²) in [7, 11) is 0. The molecule has 1 aromatic heterocycles. The number of imidazole rings is 1. The summed E-state index contributed by atoms with van der Waals surface area (Å²) in [6.45, 7) is 6.18. The average molecular weight is 301 g/mol. The Morgan fingerprint density at radius 2 is 2.09 bits per heavy atom. The first-order valence-corrected chi connectivity index (χ1v) is 7.50. The van der Waals surface area contributed by atoms with E-state index in [0.717, 1.165) is 19.5 Å². The topological polar surface area (TPSA) is 56.1 Å². The molecule has 0 amide bonds. The molecule has 1 heterocycles. The molecule has 0 aliphatic rings. The summed E-state index contributed by atoms with van der Waals surface area (Å²) >= 11 is 0. The van der Waals surface area contributed by atoms with Gasteiger partial charge in [-0.25, -0.2) is 9.78 Å². The van der Waals surface area contributed by atoms with Gasteiger partial charge in [-0.1, -0.05) is 18.2 Å². The summed E-state index contributed by atoms with van der Waals surface area (Å²) in [5, 5.41) is 3.42. The average Bonchev–Trinajstić information content (AvgIpc) is 3.04. The Morgan fingerprint density at radius 1 is 1.32 bits per heavy atom. The summed E-state index contributed by atoms with van der Waals surface area (Å²) in [6, 6.07) is 9.05. The smallest absolute Gasteiger partial charge is 0.338 e. The first-order valence-electron chi connectivity index (χ1n) is 7.50. The number of nitrogens with one attached hydrogen (secondary N) is 1. The van der Waals surface area contributed by atoms with Crippen molar-refractivity contribution in [3.8, 4) is 0 Å². The lowest BCUT2D eigenvalue weighted by Gasteiger charge is -2.26. The highest BCUT2D eigenvalue weighted by molar-refractivity contribution is 5.89. The lowest BCUT2D eigenvalue weighted by molar-refractivity contribution is 0.0400. The van der Waals surface area contributed by atoms with E-state index in [9.17, 15) is 4.79 Å². The van der Waals surface area contributed by atoms with Crippen molar-refractivity contribution in [2.24, 2.45) is 0 Å². The minimum Gasteiger partial charge on any atom is -0.460 e. The number of carbonyl (C=O) groups excluding carboxylic acids is 1. The van der Waals surface area contributed by atoms with Crippen LogP contribution in [0.2, 0.25) is 0 Å². The Kier molecular flexibility index (Phi) is 5.72. The summed E-state index contributed by atoms with van der Waals surface area (Å²) in [5.74, 6) is -0.283. The molecule has 0 radical (unpaired) electrons. The number of nitrogens with zero attached hydrogens (tertiary/aromatic N) is 2. The van der Waals surface area contributed by atoms with Crippen molar-refractivity contribution in [3.63, 3.8) is 0 Å². The Hall–Kier alpha value is -2.14. The zero-order chi connectivity index (χ0) is 15.8. The van der Waals surface area contributed by atoms with Gasteiger partial charge in [0, 0.05) is 24.5 Å². The number of carbonyl (C=O) groups is 1. The highest BCUT2D eigenvalue weighted by Crippen LogP contribution is 2.07. The minimum absolute atomic E-state index is 0.251. The van der Waals surface area contributed by atoms with E-state index in [-0.39, 0.29) is 11.5 Å². The predicted octanol–water partition coefficient (Wildman–Crippen LogP) is 2.50. The van der Waals surface area contributed by atoms with E-state index >= 15 is 0 Å². The molecule has 0 saturated heterocycles. The molecule has 0 aliphatic heterocycles. The van der Waals surface area contributed by atoms with Crippen LogP contribution in [0, 0.1) is 0 Å². The number of esters is 1. The van der Waals surface area contributed by atoms with Crippen molar-refractivity contribution in [1.82, 2.24) is 14.9 Å². The van der Waals surface area contributed by atoms with Crippen LogP contribution in [0.25, 0.3) is 0 Å². The van der Waals surface area contributed by atoms with Gasteiger partial charge < -0.3 is 14.6 Å². The Bertz CT molecular complexity index is 565. The molecule has 2 aromatic rings. The highest BCUT2D eigenvalue weighted by Gasteiger charge is 2.19. The van der Waals surface area contributed by atoms with E-state index in [1.54, 1.807) is 18.3 Å². The van der Waals surface area contributed by atoms with E-state index in [1.807, 2.05) is 49.1 Å². The second-order valence-electron chi connectivity index (χ2n) is 5.91. The number of hydrogen-bond donors (Lipinski definition) is 1. The van der Waals surface area contributed by atoms with E-state index in [4.69, 9.17) is 4.74 Å². The van der Waals surface area contributed by atoms with Crippen molar-refractivity contribution < 1.29 is 9.53 Å². The van der Waals surface area contributed by atoms with Crippen LogP contribution in [0.1, 0.15) is 30.6 Å². The van der Waals surface area contributed by atoms with Gasteiger partial charge >= 0.3 is 5.97 Å². The van der Waals surface area contributed by atoms with Gasteiger partial charge in [-0.2, -0.15) is 0 Å². The molecule has 0 unspecified atom stereocenters. The first-order chi connectivity index (χ1) is 10.6. The van der Waals surface area contributed by atoms with Crippen LogP contribution in [0.15, 0.2) is 49.1 Å². The molecule has 0 fully saturated rings. The normalized spacial score (nSPS) is 11.4. The highest BCUT2D eigenvalue weighted by atomic mass is 16.5. The molecule has 5 nitrogen and oxygen atoms in total. The van der Waals surface area contributed by atoms with Crippen molar-refractivity contribution in [1.29, 1.82) is 0 Å². The third-order valence-corrected chi connectivity index (χ3v) is 3.33. The van der Waals surface area contributed by atoms with Crippen molar-refractivity contribution in [2.75, 3.05) is 13.2 Å². The molecule has 0 atom stereocenters. The molecule has 0 saturated carbocycles. The molecule has 2 rings (SSSR count). The third kappa shape index (κ3) is 5.33. The maximum Gasteiger partial charge on any atom is 0.338 e. The van der Waals surface area contributed by atoms with E-state index < -0.39 is 0 Å². The van der Waals surface area contributed by atoms with Crippen LogP contribution >= 0.6 is 0 Å². The molecule has 0 spiro atoms. The van der Waals surface area contributed by atoms with Gasteiger partial charge in [-0.05, 0) is 38.9 Å².